The number of benzene rings is 1. The predicted molar refractivity (Wildman–Crippen MR) is 76.9 cm³/mol. The van der Waals surface area contributed by atoms with Crippen LogP contribution in [0, 0.1) is 12.3 Å². The number of aryl methyl sites for hydroxylation is 1. The molecule has 0 aliphatic rings. The molecule has 0 bridgehead atoms. The molecule has 18 heavy (non-hydrogen) atoms. The van der Waals surface area contributed by atoms with E-state index in [0.29, 0.717) is 0 Å². The summed E-state index contributed by atoms with van der Waals surface area (Å²) in [7, 11) is 1.83. The Balaban J connectivity index is 2.68. The van der Waals surface area contributed by atoms with Crippen molar-refractivity contribution in [3.8, 4) is 0 Å². The molecule has 1 atom stereocenters. The highest BCUT2D eigenvalue weighted by Gasteiger charge is 2.26. The third-order valence-corrected chi connectivity index (χ3v) is 3.46. The quantitative estimate of drug-likeness (QED) is 0.846. The third-order valence-electron chi connectivity index (χ3n) is 3.46. The maximum Gasteiger partial charge on any atom is 0.321 e. The molecule has 0 unspecified atom stereocenters. The Hall–Kier alpha value is -1.51. The fourth-order valence-electron chi connectivity index (χ4n) is 1.61. The number of nitrogens with one attached hydrogen (secondary N) is 1. The number of nitrogens with zero attached hydrogens (tertiary/aromatic N) is 1. The van der Waals surface area contributed by atoms with Crippen molar-refractivity contribution in [3.05, 3.63) is 29.8 Å². The lowest BCUT2D eigenvalue weighted by molar-refractivity contribution is 0.156. The average molecular weight is 248 g/mol. The molecule has 0 spiro atoms. The zero-order chi connectivity index (χ0) is 13.9. The Bertz CT molecular complexity index is 403. The second-order valence-corrected chi connectivity index (χ2v) is 5.95. The molecule has 0 radical (unpaired) electrons. The van der Waals surface area contributed by atoms with Gasteiger partial charge in [-0.3, -0.25) is 0 Å². The van der Waals surface area contributed by atoms with Crippen LogP contribution in [-0.2, 0) is 0 Å². The largest absolute Gasteiger partial charge is 0.324 e. The summed E-state index contributed by atoms with van der Waals surface area (Å²) >= 11 is 0. The fourth-order valence-corrected chi connectivity index (χ4v) is 1.61. The van der Waals surface area contributed by atoms with E-state index in [2.05, 4.69) is 33.0 Å². The number of amides is 2. The van der Waals surface area contributed by atoms with Gasteiger partial charge in [0.05, 0.1) is 0 Å². The first-order chi connectivity index (χ1) is 8.21. The van der Waals surface area contributed by atoms with Crippen LogP contribution in [0.2, 0.25) is 0 Å². The minimum atomic E-state index is -0.0683. The molecular formula is C15H24N2O. The molecule has 0 heterocycles. The van der Waals surface area contributed by atoms with Gasteiger partial charge in [0.2, 0.25) is 0 Å². The average Bonchev–Trinajstić information content (AvgIpc) is 2.29. The van der Waals surface area contributed by atoms with Crippen molar-refractivity contribution in [2.75, 3.05) is 12.4 Å². The lowest BCUT2D eigenvalue weighted by Crippen LogP contribution is -2.44. The molecule has 100 valence electrons. The van der Waals surface area contributed by atoms with Gasteiger partial charge in [-0.15, -0.1) is 0 Å². The van der Waals surface area contributed by atoms with Crippen molar-refractivity contribution >= 4 is 11.7 Å². The molecule has 0 fully saturated rings. The smallest absolute Gasteiger partial charge is 0.321 e. The number of anilines is 1. The van der Waals surface area contributed by atoms with Crippen molar-refractivity contribution in [2.45, 2.75) is 40.7 Å². The highest BCUT2D eigenvalue weighted by atomic mass is 16.2. The van der Waals surface area contributed by atoms with Gasteiger partial charge < -0.3 is 10.2 Å². The maximum atomic E-state index is 12.1. The molecule has 0 aromatic heterocycles. The molecule has 1 aromatic rings. The second-order valence-electron chi connectivity index (χ2n) is 5.95. The van der Waals surface area contributed by atoms with Gasteiger partial charge in [0.1, 0.15) is 0 Å². The van der Waals surface area contributed by atoms with Gasteiger partial charge in [-0.25, -0.2) is 4.79 Å². The molecule has 1 aromatic carbocycles. The molecule has 3 heteroatoms. The van der Waals surface area contributed by atoms with Crippen LogP contribution in [0.1, 0.15) is 33.3 Å². The summed E-state index contributed by atoms with van der Waals surface area (Å²) in [5, 5.41) is 2.91. The van der Waals surface area contributed by atoms with Gasteiger partial charge >= 0.3 is 6.03 Å². The van der Waals surface area contributed by atoms with E-state index in [9.17, 15) is 4.79 Å². The van der Waals surface area contributed by atoms with Crippen molar-refractivity contribution in [1.29, 1.82) is 0 Å². The van der Waals surface area contributed by atoms with E-state index < -0.39 is 0 Å². The SMILES string of the molecule is Cc1ccc(NC(=O)N(C)[C@H](C)C(C)(C)C)cc1. The van der Waals surface area contributed by atoms with Crippen LogP contribution < -0.4 is 5.32 Å². The third kappa shape index (κ3) is 3.76. The van der Waals surface area contributed by atoms with Crippen molar-refractivity contribution < 1.29 is 4.79 Å². The lowest BCUT2D eigenvalue weighted by atomic mass is 9.87. The van der Waals surface area contributed by atoms with Gasteiger partial charge in [0.25, 0.3) is 0 Å². The molecule has 1 N–H and O–H groups in total. The Morgan fingerprint density at radius 2 is 1.72 bits per heavy atom. The first kappa shape index (κ1) is 14.6. The highest BCUT2D eigenvalue weighted by molar-refractivity contribution is 5.89. The van der Waals surface area contributed by atoms with Crippen molar-refractivity contribution in [1.82, 2.24) is 4.90 Å². The monoisotopic (exact) mass is 248 g/mol. The summed E-state index contributed by atoms with van der Waals surface area (Å²) < 4.78 is 0. The first-order valence-corrected chi connectivity index (χ1v) is 6.32. The van der Waals surface area contributed by atoms with Crippen LogP contribution in [0.25, 0.3) is 0 Å². The molecule has 0 aliphatic carbocycles. The molecule has 0 saturated heterocycles. The standard InChI is InChI=1S/C15H24N2O/c1-11-7-9-13(10-8-11)16-14(18)17(6)12(2)15(3,4)5/h7-10,12H,1-6H3,(H,16,18)/t12-/m1/s1. The number of hydrogen-bond acceptors (Lipinski definition) is 1. The van der Waals surface area contributed by atoms with Crippen molar-refractivity contribution in [3.63, 3.8) is 0 Å². The molecular weight excluding hydrogens is 224 g/mol. The number of carbonyl (C=O) groups is 1. The van der Waals surface area contributed by atoms with Crippen molar-refractivity contribution in [2.24, 2.45) is 5.41 Å². The molecule has 0 aliphatic heterocycles. The minimum absolute atomic E-state index is 0.0683. The summed E-state index contributed by atoms with van der Waals surface area (Å²) in [5.41, 5.74) is 2.09. The molecule has 1 rings (SSSR count). The van der Waals surface area contributed by atoms with Crippen LogP contribution in [0.4, 0.5) is 10.5 Å². The Labute approximate surface area is 110 Å². The zero-order valence-electron chi connectivity index (χ0n) is 12.2. The number of carbonyl (C=O) groups excluding carboxylic acids is 1. The summed E-state index contributed by atoms with van der Waals surface area (Å²) in [6.07, 6.45) is 0. The number of rotatable bonds is 2. The number of urea groups is 1. The van der Waals surface area contributed by atoms with Gasteiger partial charge in [-0.1, -0.05) is 38.5 Å². The van der Waals surface area contributed by atoms with Crippen LogP contribution in [0.5, 0.6) is 0 Å². The highest BCUT2D eigenvalue weighted by Crippen LogP contribution is 2.23. The summed E-state index contributed by atoms with van der Waals surface area (Å²) in [5.74, 6) is 0. The normalized spacial score (nSPS) is 13.0. The molecule has 0 saturated carbocycles. The Morgan fingerprint density at radius 3 is 2.17 bits per heavy atom. The van der Waals surface area contributed by atoms with Crippen LogP contribution in [0.15, 0.2) is 24.3 Å². The van der Waals surface area contributed by atoms with Gasteiger partial charge in [-0.2, -0.15) is 0 Å². The van der Waals surface area contributed by atoms with Gasteiger partial charge in [-0.05, 0) is 31.4 Å². The van der Waals surface area contributed by atoms with E-state index in [4.69, 9.17) is 0 Å². The lowest BCUT2D eigenvalue weighted by Gasteiger charge is -2.35. The number of hydrogen-bond donors (Lipinski definition) is 1. The van der Waals surface area contributed by atoms with Gasteiger partial charge in [0.15, 0.2) is 0 Å². The van der Waals surface area contributed by atoms with E-state index in [1.165, 1.54) is 5.56 Å². The minimum Gasteiger partial charge on any atom is -0.324 e. The van der Waals surface area contributed by atoms with Crippen LogP contribution in [0.3, 0.4) is 0 Å². The second kappa shape index (κ2) is 5.42. The fraction of sp³-hybridized carbons (Fsp3) is 0.533. The topological polar surface area (TPSA) is 32.3 Å². The van der Waals surface area contributed by atoms with E-state index in [1.807, 2.05) is 38.2 Å². The molecule has 2 amide bonds. The Morgan fingerprint density at radius 1 is 1.22 bits per heavy atom. The predicted octanol–water partition coefficient (Wildman–Crippen LogP) is 3.89. The van der Waals surface area contributed by atoms with E-state index in [-0.39, 0.29) is 17.5 Å². The first-order valence-electron chi connectivity index (χ1n) is 6.32. The van der Waals surface area contributed by atoms with E-state index in [0.717, 1.165) is 5.69 Å². The van der Waals surface area contributed by atoms with E-state index >= 15 is 0 Å². The molecule has 3 nitrogen and oxygen atoms in total. The maximum absolute atomic E-state index is 12.1. The summed E-state index contributed by atoms with van der Waals surface area (Å²) in [4.78, 5) is 13.9. The van der Waals surface area contributed by atoms with Crippen LogP contribution >= 0.6 is 0 Å². The summed E-state index contributed by atoms with van der Waals surface area (Å²) in [6.45, 7) is 10.5. The zero-order valence-corrected chi connectivity index (χ0v) is 12.2. The van der Waals surface area contributed by atoms with E-state index in [1.54, 1.807) is 4.90 Å². The summed E-state index contributed by atoms with van der Waals surface area (Å²) in [6, 6.07) is 7.92. The van der Waals surface area contributed by atoms with Gasteiger partial charge in [0, 0.05) is 18.8 Å². The van der Waals surface area contributed by atoms with Crippen LogP contribution in [-0.4, -0.2) is 24.0 Å². The Kier molecular flexibility index (Phi) is 4.38.